The largest absolute Gasteiger partial charge is 0.505 e. The fourth-order valence-corrected chi connectivity index (χ4v) is 3.24. The van der Waals surface area contributed by atoms with Crippen molar-refractivity contribution in [2.75, 3.05) is 0 Å². The second-order valence-electron chi connectivity index (χ2n) is 7.80. The molecule has 0 fully saturated rings. The number of nitrogens with zero attached hydrogens (tertiary/aromatic N) is 1. The van der Waals surface area contributed by atoms with Gasteiger partial charge in [0.05, 0.1) is 5.56 Å². The lowest BCUT2D eigenvalue weighted by Crippen LogP contribution is -2.42. The van der Waals surface area contributed by atoms with Crippen LogP contribution in [0.2, 0.25) is 0 Å². The highest BCUT2D eigenvalue weighted by Crippen LogP contribution is 2.27. The summed E-state index contributed by atoms with van der Waals surface area (Å²) in [5, 5.41) is 12.4. The van der Waals surface area contributed by atoms with Gasteiger partial charge in [-0.25, -0.2) is 18.6 Å². The van der Waals surface area contributed by atoms with E-state index in [1.807, 2.05) is 0 Å². The molecule has 0 aliphatic carbocycles. The molecule has 1 aromatic heterocycles. The molecule has 0 bridgehead atoms. The van der Waals surface area contributed by atoms with Gasteiger partial charge in [-0.1, -0.05) is 12.1 Å². The Hall–Kier alpha value is -4.54. The number of pyridine rings is 1. The fourth-order valence-electron chi connectivity index (χ4n) is 3.24. The molecule has 0 radical (unpaired) electrons. The lowest BCUT2D eigenvalue weighted by molar-refractivity contribution is -0.154. The van der Waals surface area contributed by atoms with Crippen molar-refractivity contribution in [3.63, 3.8) is 0 Å². The van der Waals surface area contributed by atoms with Crippen LogP contribution in [0.1, 0.15) is 46.4 Å². The monoisotopic (exact) mass is 499 g/mol. The van der Waals surface area contributed by atoms with Gasteiger partial charge in [-0.05, 0) is 61.9 Å². The molecule has 2 unspecified atom stereocenters. The number of hydrogen-bond acceptors (Lipinski definition) is 7. The smallest absolute Gasteiger partial charge is 0.328 e. The number of rotatable bonds is 9. The van der Waals surface area contributed by atoms with Gasteiger partial charge in [-0.3, -0.25) is 9.59 Å². The van der Waals surface area contributed by atoms with Crippen LogP contribution in [0.4, 0.5) is 8.78 Å². The van der Waals surface area contributed by atoms with Crippen LogP contribution < -0.4 is 15.8 Å². The number of carbonyl (C=O) groups is 3. The van der Waals surface area contributed by atoms with Crippen molar-refractivity contribution in [1.29, 1.82) is 0 Å². The predicted molar refractivity (Wildman–Crippen MR) is 123 cm³/mol. The third-order valence-corrected chi connectivity index (χ3v) is 5.11. The highest BCUT2D eigenvalue weighted by Gasteiger charge is 2.29. The minimum atomic E-state index is -1.20. The van der Waals surface area contributed by atoms with Crippen molar-refractivity contribution >= 4 is 17.8 Å². The maximum Gasteiger partial charge on any atom is 0.328 e. The predicted octanol–water partition coefficient (Wildman–Crippen LogP) is 3.03. The van der Waals surface area contributed by atoms with Crippen LogP contribution in [0.15, 0.2) is 60.8 Å². The molecule has 1 heterocycles. The van der Waals surface area contributed by atoms with Gasteiger partial charge < -0.3 is 25.6 Å². The van der Waals surface area contributed by atoms with E-state index in [0.29, 0.717) is 5.56 Å². The number of esters is 1. The molecule has 2 aromatic carbocycles. The van der Waals surface area contributed by atoms with Crippen LogP contribution in [-0.4, -0.2) is 40.0 Å². The molecule has 3 rings (SSSR count). The average molecular weight is 499 g/mol. The first-order chi connectivity index (χ1) is 17.1. The number of aromatic hydroxyl groups is 1. The van der Waals surface area contributed by atoms with E-state index in [-0.39, 0.29) is 11.3 Å². The van der Waals surface area contributed by atoms with Crippen LogP contribution in [-0.2, 0) is 9.53 Å². The summed E-state index contributed by atoms with van der Waals surface area (Å²) in [5.74, 6) is -4.13. The highest BCUT2D eigenvalue weighted by atomic mass is 19.1. The number of hydrogen-bond donors (Lipinski definition) is 3. The van der Waals surface area contributed by atoms with Crippen molar-refractivity contribution in [3.05, 3.63) is 89.2 Å². The molecule has 0 spiro atoms. The zero-order valence-corrected chi connectivity index (χ0v) is 19.3. The van der Waals surface area contributed by atoms with Gasteiger partial charge >= 0.3 is 5.97 Å². The first-order valence-electron chi connectivity index (χ1n) is 10.7. The van der Waals surface area contributed by atoms with E-state index in [1.165, 1.54) is 62.4 Å². The SMILES string of the molecule is CC(OC(=O)[C@H](C)NC(=O)c1nccc(C(N)=O)c1O)C(Oc1ccc(F)cc1)c1ccc(F)cc1. The Kier molecular flexibility index (Phi) is 8.15. The highest BCUT2D eigenvalue weighted by molar-refractivity contribution is 6.02. The van der Waals surface area contributed by atoms with Crippen molar-refractivity contribution in [2.24, 2.45) is 5.73 Å². The van der Waals surface area contributed by atoms with E-state index < -0.39 is 59.1 Å². The topological polar surface area (TPSA) is 141 Å². The first kappa shape index (κ1) is 26.1. The summed E-state index contributed by atoms with van der Waals surface area (Å²) < 4.78 is 38.1. The van der Waals surface area contributed by atoms with Gasteiger partial charge in [0, 0.05) is 6.20 Å². The van der Waals surface area contributed by atoms with Crippen LogP contribution >= 0.6 is 0 Å². The summed E-state index contributed by atoms with van der Waals surface area (Å²) in [7, 11) is 0. The minimum absolute atomic E-state index is 0.283. The Bertz CT molecular complexity index is 1250. The summed E-state index contributed by atoms with van der Waals surface area (Å²) in [6.45, 7) is 2.88. The molecule has 9 nitrogen and oxygen atoms in total. The number of carbonyl (C=O) groups excluding carboxylic acids is 3. The lowest BCUT2D eigenvalue weighted by Gasteiger charge is -2.27. The molecule has 36 heavy (non-hydrogen) atoms. The maximum absolute atomic E-state index is 13.4. The Balaban J connectivity index is 1.73. The Labute approximate surface area is 204 Å². The molecule has 0 aliphatic rings. The summed E-state index contributed by atoms with van der Waals surface area (Å²) in [4.78, 5) is 40.3. The second-order valence-corrected chi connectivity index (χ2v) is 7.80. The Morgan fingerprint density at radius 1 is 0.972 bits per heavy atom. The summed E-state index contributed by atoms with van der Waals surface area (Å²) in [5.41, 5.74) is 4.83. The number of amides is 2. The average Bonchev–Trinajstić information content (AvgIpc) is 2.84. The third-order valence-electron chi connectivity index (χ3n) is 5.11. The van der Waals surface area contributed by atoms with Crippen LogP contribution in [0.3, 0.4) is 0 Å². The lowest BCUT2D eigenvalue weighted by atomic mass is 10.0. The van der Waals surface area contributed by atoms with E-state index in [9.17, 15) is 28.3 Å². The van der Waals surface area contributed by atoms with E-state index in [1.54, 1.807) is 0 Å². The second kappa shape index (κ2) is 11.3. The first-order valence-corrected chi connectivity index (χ1v) is 10.7. The molecule has 0 aliphatic heterocycles. The van der Waals surface area contributed by atoms with Gasteiger partial charge in [0.2, 0.25) is 0 Å². The van der Waals surface area contributed by atoms with Gasteiger partial charge in [-0.15, -0.1) is 0 Å². The number of aromatic nitrogens is 1. The molecule has 2 amide bonds. The van der Waals surface area contributed by atoms with E-state index in [2.05, 4.69) is 10.3 Å². The number of benzene rings is 2. The molecular formula is C25H23F2N3O6. The van der Waals surface area contributed by atoms with Crippen molar-refractivity contribution in [2.45, 2.75) is 32.1 Å². The number of halogens is 2. The van der Waals surface area contributed by atoms with Crippen LogP contribution in [0.25, 0.3) is 0 Å². The van der Waals surface area contributed by atoms with E-state index in [0.717, 1.165) is 12.3 Å². The summed E-state index contributed by atoms with van der Waals surface area (Å²) in [6.07, 6.45) is -0.724. The minimum Gasteiger partial charge on any atom is -0.505 e. The summed E-state index contributed by atoms with van der Waals surface area (Å²) in [6, 6.07) is 10.5. The number of nitrogens with one attached hydrogen (secondary N) is 1. The normalized spacial score (nSPS) is 13.2. The quantitative estimate of drug-likeness (QED) is 0.384. The molecule has 3 aromatic rings. The number of ether oxygens (including phenoxy) is 2. The summed E-state index contributed by atoms with van der Waals surface area (Å²) >= 11 is 0. The maximum atomic E-state index is 13.4. The molecule has 4 N–H and O–H groups in total. The number of nitrogens with two attached hydrogens (primary N) is 1. The van der Waals surface area contributed by atoms with Crippen molar-refractivity contribution in [3.8, 4) is 11.5 Å². The third kappa shape index (κ3) is 6.32. The molecule has 188 valence electrons. The van der Waals surface area contributed by atoms with E-state index in [4.69, 9.17) is 15.2 Å². The van der Waals surface area contributed by atoms with E-state index >= 15 is 0 Å². The molecular weight excluding hydrogens is 476 g/mol. The fraction of sp³-hybridized carbons (Fsp3) is 0.200. The zero-order valence-electron chi connectivity index (χ0n) is 19.3. The van der Waals surface area contributed by atoms with Crippen LogP contribution in [0.5, 0.6) is 11.5 Å². The zero-order chi connectivity index (χ0) is 26.4. The van der Waals surface area contributed by atoms with Crippen LogP contribution in [0, 0.1) is 11.6 Å². The molecule has 3 atom stereocenters. The molecule has 11 heteroatoms. The standard InChI is InChI=1S/C25H23F2N3O6/c1-13(30-24(33)20-21(31)19(23(28)32)11-12-29-20)25(34)35-14(2)22(15-3-5-16(26)6-4-15)36-18-9-7-17(27)8-10-18/h3-14,22,31H,1-2H3,(H2,28,32)(H,30,33)/t13-,14?,22?/m0/s1. The van der Waals surface area contributed by atoms with Gasteiger partial charge in [-0.2, -0.15) is 0 Å². The van der Waals surface area contributed by atoms with Gasteiger partial charge in [0.1, 0.15) is 29.5 Å². The Morgan fingerprint density at radius 2 is 1.56 bits per heavy atom. The van der Waals surface area contributed by atoms with Gasteiger partial charge in [0.25, 0.3) is 11.8 Å². The molecule has 0 saturated carbocycles. The van der Waals surface area contributed by atoms with Gasteiger partial charge in [0.15, 0.2) is 17.5 Å². The van der Waals surface area contributed by atoms with Crippen molar-refractivity contribution in [1.82, 2.24) is 10.3 Å². The number of primary amides is 1. The molecule has 0 saturated heterocycles. The van der Waals surface area contributed by atoms with Crippen molar-refractivity contribution < 1.29 is 37.7 Å². The Morgan fingerprint density at radius 3 is 2.14 bits per heavy atom.